The lowest BCUT2D eigenvalue weighted by molar-refractivity contribution is -0.137. The van der Waals surface area contributed by atoms with Crippen LogP contribution in [0.1, 0.15) is 69.3 Å². The molecule has 6 N–H and O–H groups in total. The molecule has 2 aromatic carbocycles. The summed E-state index contributed by atoms with van der Waals surface area (Å²) in [6.45, 7) is 6.89. The molecule has 0 radical (unpaired) electrons. The number of carbonyl (C=O) groups is 4. The molecule has 1 heterocycles. The molecule has 10 nitrogen and oxygen atoms in total. The van der Waals surface area contributed by atoms with Crippen LogP contribution in [-0.2, 0) is 44.6 Å². The van der Waals surface area contributed by atoms with E-state index < -0.39 is 82.9 Å². The first-order valence-corrected chi connectivity index (χ1v) is 16.0. The second-order valence-electron chi connectivity index (χ2n) is 12.6. The molecule has 266 valence electrons. The maximum Gasteiger partial charge on any atom is 0.418 e. The highest BCUT2D eigenvalue weighted by molar-refractivity contribution is 5.91. The van der Waals surface area contributed by atoms with Crippen molar-refractivity contribution in [3.05, 3.63) is 70.4 Å². The highest BCUT2D eigenvalue weighted by Gasteiger charge is 2.44. The number of H-pyrrole nitrogens is 1. The zero-order valence-corrected chi connectivity index (χ0v) is 27.5. The Morgan fingerprint density at radius 3 is 2.16 bits per heavy atom. The van der Waals surface area contributed by atoms with Crippen LogP contribution in [0.4, 0.5) is 26.7 Å². The number of aryl methyl sites for hydroxylation is 1. The van der Waals surface area contributed by atoms with Crippen molar-refractivity contribution in [3.8, 4) is 0 Å². The highest BCUT2D eigenvalue weighted by Crippen LogP contribution is 2.40. The topological polar surface area (TPSA) is 155 Å². The van der Waals surface area contributed by atoms with E-state index in [2.05, 4.69) is 20.9 Å². The number of aromatic amines is 1. The Bertz CT molecular complexity index is 1710. The van der Waals surface area contributed by atoms with Crippen LogP contribution in [0.2, 0.25) is 0 Å². The van der Waals surface area contributed by atoms with Crippen molar-refractivity contribution in [2.75, 3.05) is 0 Å². The van der Waals surface area contributed by atoms with Crippen molar-refractivity contribution in [2.24, 2.45) is 17.6 Å². The van der Waals surface area contributed by atoms with E-state index in [4.69, 9.17) is 10.5 Å². The van der Waals surface area contributed by atoms with Gasteiger partial charge in [0, 0.05) is 29.5 Å². The largest absolute Gasteiger partial charge is 0.423 e. The van der Waals surface area contributed by atoms with Crippen LogP contribution in [0, 0.1) is 23.5 Å². The number of hydrogen-bond donors (Lipinski definition) is 5. The van der Waals surface area contributed by atoms with Crippen LogP contribution in [0.15, 0.2) is 36.4 Å². The van der Waals surface area contributed by atoms with Crippen molar-refractivity contribution in [2.45, 2.75) is 90.2 Å². The molecule has 4 rings (SSSR count). The third-order valence-corrected chi connectivity index (χ3v) is 9.22. The van der Waals surface area contributed by atoms with Gasteiger partial charge in [0.1, 0.15) is 23.7 Å². The van der Waals surface area contributed by atoms with E-state index in [0.717, 1.165) is 24.3 Å². The predicted molar refractivity (Wildman–Crippen MR) is 170 cm³/mol. The summed E-state index contributed by atoms with van der Waals surface area (Å²) in [6, 6.07) is 4.42. The lowest BCUT2D eigenvalue weighted by Gasteiger charge is -2.39. The van der Waals surface area contributed by atoms with Crippen molar-refractivity contribution in [1.29, 1.82) is 0 Å². The summed E-state index contributed by atoms with van der Waals surface area (Å²) >= 11 is 0. The summed E-state index contributed by atoms with van der Waals surface area (Å²) in [6.07, 6.45) is -5.94. The Balaban J connectivity index is 1.69. The lowest BCUT2D eigenvalue weighted by Crippen LogP contribution is -2.62. The van der Waals surface area contributed by atoms with Gasteiger partial charge in [-0.1, -0.05) is 58.7 Å². The fourth-order valence-corrected chi connectivity index (χ4v) is 6.05. The number of fused-ring (bicyclic) bond motifs is 3. The molecule has 15 heteroatoms. The van der Waals surface area contributed by atoms with Gasteiger partial charge in [0.15, 0.2) is 5.72 Å². The molecule has 0 bridgehead atoms. The number of alkyl halides is 3. The fraction of sp³-hybridized carbons (Fsp3) is 0.471. The molecule has 0 saturated carbocycles. The summed E-state index contributed by atoms with van der Waals surface area (Å²) in [5.74, 6) is -5.25. The maximum atomic E-state index is 14.3. The van der Waals surface area contributed by atoms with Gasteiger partial charge >= 0.3 is 12.3 Å². The molecule has 0 fully saturated rings. The lowest BCUT2D eigenvalue weighted by atomic mass is 9.87. The van der Waals surface area contributed by atoms with Gasteiger partial charge in [-0.05, 0) is 42.0 Å². The number of primary amides is 1. The van der Waals surface area contributed by atoms with Gasteiger partial charge < -0.3 is 31.4 Å². The van der Waals surface area contributed by atoms with Crippen LogP contribution in [0.25, 0.3) is 10.9 Å². The number of para-hydroxylation sites is 1. The van der Waals surface area contributed by atoms with E-state index in [1.807, 2.05) is 0 Å². The zero-order chi connectivity index (χ0) is 36.3. The second-order valence-corrected chi connectivity index (χ2v) is 12.6. The quantitative estimate of drug-likeness (QED) is 0.131. The number of nitrogens with two attached hydrogens (primary N) is 1. The van der Waals surface area contributed by atoms with E-state index >= 15 is 0 Å². The van der Waals surface area contributed by atoms with Gasteiger partial charge in [-0.3, -0.25) is 14.4 Å². The van der Waals surface area contributed by atoms with Crippen molar-refractivity contribution in [1.82, 2.24) is 20.9 Å². The molecule has 0 spiro atoms. The zero-order valence-electron chi connectivity index (χ0n) is 27.5. The second kappa shape index (κ2) is 14.8. The van der Waals surface area contributed by atoms with E-state index in [1.54, 1.807) is 27.7 Å². The Morgan fingerprint density at radius 2 is 1.57 bits per heavy atom. The third kappa shape index (κ3) is 8.31. The summed E-state index contributed by atoms with van der Waals surface area (Å²) in [5, 5.41) is 7.91. The number of amides is 4. The molecule has 1 aliphatic carbocycles. The number of ether oxygens (including phenoxy) is 1. The summed E-state index contributed by atoms with van der Waals surface area (Å²) in [4.78, 5) is 55.3. The smallest absolute Gasteiger partial charge is 0.418 e. The van der Waals surface area contributed by atoms with Crippen molar-refractivity contribution >= 4 is 34.7 Å². The van der Waals surface area contributed by atoms with E-state index in [1.165, 1.54) is 12.1 Å². The van der Waals surface area contributed by atoms with Crippen LogP contribution in [-0.4, -0.2) is 46.6 Å². The average molecular weight is 694 g/mol. The van der Waals surface area contributed by atoms with Gasteiger partial charge in [-0.2, -0.15) is 13.2 Å². The molecule has 2 unspecified atom stereocenters. The average Bonchev–Trinajstić information content (AvgIpc) is 3.40. The number of halogens is 5. The number of nitrogens with one attached hydrogen (secondary N) is 4. The van der Waals surface area contributed by atoms with Crippen molar-refractivity contribution in [3.63, 3.8) is 0 Å². The number of rotatable bonds is 12. The monoisotopic (exact) mass is 693 g/mol. The summed E-state index contributed by atoms with van der Waals surface area (Å²) < 4.78 is 76.0. The summed E-state index contributed by atoms with van der Waals surface area (Å²) in [7, 11) is 0. The van der Waals surface area contributed by atoms with Crippen molar-refractivity contribution < 1.29 is 45.9 Å². The van der Waals surface area contributed by atoms with Crippen LogP contribution in [0.3, 0.4) is 0 Å². The Morgan fingerprint density at radius 1 is 0.959 bits per heavy atom. The van der Waals surface area contributed by atoms with E-state index in [9.17, 15) is 41.1 Å². The maximum absolute atomic E-state index is 14.3. The molecule has 0 aliphatic heterocycles. The minimum atomic E-state index is -4.66. The molecule has 49 heavy (non-hydrogen) atoms. The van der Waals surface area contributed by atoms with E-state index in [0.29, 0.717) is 24.1 Å². The fourth-order valence-electron chi connectivity index (χ4n) is 6.05. The number of hydrogen-bond acceptors (Lipinski definition) is 5. The van der Waals surface area contributed by atoms with Crippen LogP contribution in [0.5, 0.6) is 0 Å². The molecule has 0 saturated heterocycles. The molecule has 1 aromatic heterocycles. The molecular weight excluding hydrogens is 653 g/mol. The van der Waals surface area contributed by atoms with Crippen LogP contribution >= 0.6 is 0 Å². The number of aromatic nitrogens is 1. The molecule has 1 aliphatic rings. The predicted octanol–water partition coefficient (Wildman–Crippen LogP) is 5.17. The normalized spacial score (nSPS) is 18.5. The molecule has 4 amide bonds. The minimum Gasteiger partial charge on any atom is -0.423 e. The Hall–Kier alpha value is -4.69. The molecule has 5 atom stereocenters. The first kappa shape index (κ1) is 37.1. The minimum absolute atomic E-state index is 0.0480. The van der Waals surface area contributed by atoms with Gasteiger partial charge in [0.25, 0.3) is 0 Å². The molecular formula is C34H40F5N5O5. The standard InChI is InChI=1S/C34H40F5N5O5/c1-5-17(3)27(30(40)46)43-32(48)49-33(14-13-25-21(16-33)19-9-7-10-22(29(19)41-25)34(37,38)39)44-31(47)28(18(4)6-2)42-26(45)15-20-23(35)11-8-12-24(20)36/h7-12,17-18,27-28,41H,5-6,13-16H2,1-4H3,(H2,40,46)(H,42,45)(H,43,48)(H,44,47)/t17-,18?,27?,28-,33+/m0/s1. The number of alkyl carbamates (subject to hydrolysis) is 1. The SMILES string of the molecule is CCC(C)[C@H](NC(=O)Cc1c(F)cccc1F)C(=O)N[C@@]1(OC(=O)NC(C(N)=O)[C@@H](C)CC)CCc2[nH]c3c(C(F)(F)F)cccc3c2C1. The Kier molecular flexibility index (Phi) is 11.2. The first-order valence-electron chi connectivity index (χ1n) is 16.0. The molecule has 3 aromatic rings. The van der Waals surface area contributed by atoms with Gasteiger partial charge in [0.05, 0.1) is 17.5 Å². The Labute approximate surface area is 279 Å². The van der Waals surface area contributed by atoms with Gasteiger partial charge in [0.2, 0.25) is 17.7 Å². The third-order valence-electron chi connectivity index (χ3n) is 9.22. The number of carbonyl (C=O) groups excluding carboxylic acids is 4. The number of benzene rings is 2. The van der Waals surface area contributed by atoms with Gasteiger partial charge in [-0.15, -0.1) is 0 Å². The first-order chi connectivity index (χ1) is 23.0. The highest BCUT2D eigenvalue weighted by atomic mass is 19.4. The van der Waals surface area contributed by atoms with Gasteiger partial charge in [-0.25, -0.2) is 13.6 Å². The summed E-state index contributed by atoms with van der Waals surface area (Å²) in [5.41, 5.74) is 2.94. The van der Waals surface area contributed by atoms with E-state index in [-0.39, 0.29) is 36.1 Å². The van der Waals surface area contributed by atoms with Crippen LogP contribution < -0.4 is 21.7 Å².